The van der Waals surface area contributed by atoms with Crippen molar-refractivity contribution >= 4 is 29.1 Å². The maximum Gasteiger partial charge on any atom is 0.255 e. The first-order valence-corrected chi connectivity index (χ1v) is 15.9. The summed E-state index contributed by atoms with van der Waals surface area (Å²) in [6, 6.07) is 11.8. The van der Waals surface area contributed by atoms with Crippen molar-refractivity contribution in [1.29, 1.82) is 0 Å². The Bertz CT molecular complexity index is 1540. The van der Waals surface area contributed by atoms with Gasteiger partial charge in [0.05, 0.1) is 28.2 Å². The smallest absolute Gasteiger partial charge is 0.255 e. The van der Waals surface area contributed by atoms with E-state index in [4.69, 9.17) is 0 Å². The van der Waals surface area contributed by atoms with E-state index in [0.717, 1.165) is 32.8 Å². The number of likely N-dealkylation sites (tertiary alicyclic amines) is 1. The standard InChI is InChI=1S/C34H42N4O4S/c1-19(2)29(38-16-23-10-8-9-11-26(23)32(38)41)33(42)37-17-24(39)15-28(37)31(40)36-20(3)25-13-12-22(14-27(25)34(5,6)7)30-21(4)35-18-43-30/h8-14,18-20,24,28-29,39H,15-17H2,1-7H3,(H,36,40)/t20-,24+,28-,29-/m0/s1. The number of aryl methyl sites for hydroxylation is 1. The van der Waals surface area contributed by atoms with E-state index in [1.54, 1.807) is 22.3 Å². The van der Waals surface area contributed by atoms with E-state index in [1.165, 1.54) is 4.90 Å². The monoisotopic (exact) mass is 602 g/mol. The fourth-order valence-corrected chi connectivity index (χ4v) is 7.25. The van der Waals surface area contributed by atoms with Gasteiger partial charge >= 0.3 is 0 Å². The average molecular weight is 603 g/mol. The lowest BCUT2D eigenvalue weighted by molar-refractivity contribution is -0.143. The van der Waals surface area contributed by atoms with Gasteiger partial charge in [-0.05, 0) is 59.6 Å². The molecule has 2 aliphatic rings. The summed E-state index contributed by atoms with van der Waals surface area (Å²) in [5.74, 6) is -0.969. The normalized spacial score (nSPS) is 20.0. The van der Waals surface area contributed by atoms with E-state index < -0.39 is 18.2 Å². The molecule has 1 aromatic heterocycles. The molecule has 0 aliphatic carbocycles. The Balaban J connectivity index is 1.37. The Hall–Kier alpha value is -3.56. The number of fused-ring (bicyclic) bond motifs is 1. The minimum atomic E-state index is -0.830. The predicted octanol–water partition coefficient (Wildman–Crippen LogP) is 5.24. The van der Waals surface area contributed by atoms with Gasteiger partial charge in [-0.15, -0.1) is 11.3 Å². The number of rotatable bonds is 7. The molecular formula is C34H42N4O4S. The van der Waals surface area contributed by atoms with Crippen LogP contribution in [0, 0.1) is 12.8 Å². The summed E-state index contributed by atoms with van der Waals surface area (Å²) in [4.78, 5) is 49.8. The summed E-state index contributed by atoms with van der Waals surface area (Å²) >= 11 is 1.61. The van der Waals surface area contributed by atoms with Gasteiger partial charge in [0, 0.05) is 25.1 Å². The zero-order valence-corrected chi connectivity index (χ0v) is 26.9. The molecule has 9 heteroatoms. The second-order valence-electron chi connectivity index (χ2n) is 13.2. The van der Waals surface area contributed by atoms with Gasteiger partial charge in [-0.25, -0.2) is 4.98 Å². The molecule has 43 heavy (non-hydrogen) atoms. The second kappa shape index (κ2) is 11.8. The van der Waals surface area contributed by atoms with Gasteiger partial charge in [0.25, 0.3) is 5.91 Å². The molecule has 1 saturated heterocycles. The van der Waals surface area contributed by atoms with Crippen LogP contribution in [0.25, 0.3) is 10.4 Å². The topological polar surface area (TPSA) is 103 Å². The first-order valence-electron chi connectivity index (χ1n) is 15.0. The van der Waals surface area contributed by atoms with Crippen LogP contribution in [0.5, 0.6) is 0 Å². The highest BCUT2D eigenvalue weighted by Gasteiger charge is 2.46. The molecule has 5 rings (SSSR count). The van der Waals surface area contributed by atoms with Crippen LogP contribution in [-0.4, -0.2) is 62.3 Å². The number of aliphatic hydroxyl groups excluding tert-OH is 1. The maximum atomic E-state index is 14.1. The van der Waals surface area contributed by atoms with E-state index in [0.29, 0.717) is 12.1 Å². The van der Waals surface area contributed by atoms with Crippen LogP contribution >= 0.6 is 11.3 Å². The molecule has 228 valence electrons. The zero-order chi connectivity index (χ0) is 31.2. The lowest BCUT2D eigenvalue weighted by Crippen LogP contribution is -2.55. The summed E-state index contributed by atoms with van der Waals surface area (Å²) in [5.41, 5.74) is 7.38. The van der Waals surface area contributed by atoms with Gasteiger partial charge in [-0.3, -0.25) is 14.4 Å². The quantitative estimate of drug-likeness (QED) is 0.385. The number of carbonyl (C=O) groups excluding carboxylic acids is 3. The number of nitrogens with one attached hydrogen (secondary N) is 1. The largest absolute Gasteiger partial charge is 0.391 e. The minimum Gasteiger partial charge on any atom is -0.391 e. The van der Waals surface area contributed by atoms with Gasteiger partial charge < -0.3 is 20.2 Å². The van der Waals surface area contributed by atoms with Crippen molar-refractivity contribution in [2.45, 2.75) is 91.1 Å². The third-order valence-electron chi connectivity index (χ3n) is 8.63. The number of carbonyl (C=O) groups is 3. The molecule has 0 spiro atoms. The highest BCUT2D eigenvalue weighted by molar-refractivity contribution is 7.13. The summed E-state index contributed by atoms with van der Waals surface area (Å²) in [5, 5.41) is 13.8. The number of hydrogen-bond acceptors (Lipinski definition) is 6. The van der Waals surface area contributed by atoms with Crippen molar-refractivity contribution in [2.24, 2.45) is 5.92 Å². The molecule has 0 bridgehead atoms. The molecule has 0 radical (unpaired) electrons. The molecule has 1 fully saturated rings. The predicted molar refractivity (Wildman–Crippen MR) is 169 cm³/mol. The number of aromatic nitrogens is 1. The van der Waals surface area contributed by atoms with Crippen molar-refractivity contribution in [3.63, 3.8) is 0 Å². The van der Waals surface area contributed by atoms with Crippen molar-refractivity contribution in [2.75, 3.05) is 6.54 Å². The highest BCUT2D eigenvalue weighted by Crippen LogP contribution is 2.36. The molecule has 4 atom stereocenters. The third kappa shape index (κ3) is 5.97. The Kier molecular flexibility index (Phi) is 8.51. The molecule has 3 aromatic rings. The van der Waals surface area contributed by atoms with Crippen molar-refractivity contribution in [3.8, 4) is 10.4 Å². The summed E-state index contributed by atoms with van der Waals surface area (Å²) in [6.45, 7) is 14.6. The van der Waals surface area contributed by atoms with Crippen molar-refractivity contribution in [3.05, 3.63) is 75.9 Å². The number of thiazole rings is 1. The van der Waals surface area contributed by atoms with Crippen LogP contribution in [0.15, 0.2) is 48.0 Å². The van der Waals surface area contributed by atoms with Gasteiger partial charge in [0.15, 0.2) is 0 Å². The molecule has 2 aromatic carbocycles. The summed E-state index contributed by atoms with van der Waals surface area (Å²) < 4.78 is 0. The van der Waals surface area contributed by atoms with Gasteiger partial charge in [0.2, 0.25) is 11.8 Å². The van der Waals surface area contributed by atoms with Gasteiger partial charge in [0.1, 0.15) is 12.1 Å². The van der Waals surface area contributed by atoms with Crippen LogP contribution in [0.4, 0.5) is 0 Å². The first-order chi connectivity index (χ1) is 20.3. The lowest BCUT2D eigenvalue weighted by atomic mass is 9.81. The number of nitrogens with zero attached hydrogens (tertiary/aromatic N) is 3. The van der Waals surface area contributed by atoms with Crippen molar-refractivity contribution in [1.82, 2.24) is 20.1 Å². The molecule has 3 amide bonds. The van der Waals surface area contributed by atoms with Crippen LogP contribution in [0.1, 0.15) is 86.7 Å². The van der Waals surface area contributed by atoms with E-state index >= 15 is 0 Å². The molecule has 3 heterocycles. The number of β-amino-alcohol motifs (C(OH)–C–C–N with tert-alkyl or cyclic N) is 1. The SMILES string of the molecule is Cc1ncsc1-c1ccc([C@H](C)NC(=O)[C@@H]2C[C@@H](O)CN2C(=O)[C@H](C(C)C)N2Cc3ccccc3C2=O)c(C(C)(C)C)c1. The number of benzene rings is 2. The van der Waals surface area contributed by atoms with Crippen LogP contribution in [-0.2, 0) is 21.5 Å². The molecule has 8 nitrogen and oxygen atoms in total. The van der Waals surface area contributed by atoms with Gasteiger partial charge in [-0.1, -0.05) is 65.0 Å². The van der Waals surface area contributed by atoms with E-state index in [-0.39, 0.29) is 48.1 Å². The van der Waals surface area contributed by atoms with E-state index in [1.807, 2.05) is 51.4 Å². The number of amides is 3. The molecule has 0 unspecified atom stereocenters. The molecular weight excluding hydrogens is 560 g/mol. The Labute approximate surface area is 258 Å². The minimum absolute atomic E-state index is 0.0552. The Morgan fingerprint density at radius 1 is 1.12 bits per heavy atom. The maximum absolute atomic E-state index is 14.1. The van der Waals surface area contributed by atoms with Crippen LogP contribution < -0.4 is 5.32 Å². The van der Waals surface area contributed by atoms with Crippen LogP contribution in [0.2, 0.25) is 0 Å². The fraction of sp³-hybridized carbons (Fsp3) is 0.471. The third-order valence-corrected chi connectivity index (χ3v) is 9.61. The van der Waals surface area contributed by atoms with Gasteiger partial charge in [-0.2, -0.15) is 0 Å². The fourth-order valence-electron chi connectivity index (χ4n) is 6.45. The summed E-state index contributed by atoms with van der Waals surface area (Å²) in [7, 11) is 0. The lowest BCUT2D eigenvalue weighted by Gasteiger charge is -2.35. The van der Waals surface area contributed by atoms with E-state index in [2.05, 4.69) is 49.3 Å². The Morgan fingerprint density at radius 3 is 2.47 bits per heavy atom. The molecule has 0 saturated carbocycles. The Morgan fingerprint density at radius 2 is 1.84 bits per heavy atom. The van der Waals surface area contributed by atoms with Crippen molar-refractivity contribution < 1.29 is 19.5 Å². The zero-order valence-electron chi connectivity index (χ0n) is 26.0. The second-order valence-corrected chi connectivity index (χ2v) is 14.1. The first kappa shape index (κ1) is 30.9. The molecule has 2 aliphatic heterocycles. The summed E-state index contributed by atoms with van der Waals surface area (Å²) in [6.07, 6.45) is -0.666. The van der Waals surface area contributed by atoms with Crippen LogP contribution in [0.3, 0.4) is 0 Å². The number of hydrogen-bond donors (Lipinski definition) is 2. The number of aliphatic hydroxyl groups is 1. The average Bonchev–Trinajstić information content (AvgIpc) is 3.65. The van der Waals surface area contributed by atoms with E-state index in [9.17, 15) is 19.5 Å². The molecule has 2 N–H and O–H groups in total. The highest BCUT2D eigenvalue weighted by atomic mass is 32.1.